The van der Waals surface area contributed by atoms with Gasteiger partial charge in [0.25, 0.3) is 0 Å². The topological polar surface area (TPSA) is 79.1 Å². The van der Waals surface area contributed by atoms with Crippen molar-refractivity contribution < 1.29 is 0 Å². The molecule has 7 heteroatoms. The summed E-state index contributed by atoms with van der Waals surface area (Å²) in [5.41, 5.74) is 2.45. The van der Waals surface area contributed by atoms with Crippen molar-refractivity contribution in [2.24, 2.45) is 5.84 Å². The highest BCUT2D eigenvalue weighted by atomic mass is 79.9. The summed E-state index contributed by atoms with van der Waals surface area (Å²) in [7, 11) is 0. The van der Waals surface area contributed by atoms with Crippen LogP contribution in [0.25, 0.3) is 0 Å². The summed E-state index contributed by atoms with van der Waals surface area (Å²) in [5, 5.41) is 3.38. The standard InChI is InChI=1S/C13H25BrN6/c1-4-20(5-2)8-6-7-10(3)17-12-11(14)9-16-13(18-12)19-15/h9-10H,4-8,15H2,1-3H3,(H2,16,17,18,19). The first-order valence-corrected chi connectivity index (χ1v) is 7.88. The molecule has 1 unspecified atom stereocenters. The molecule has 0 aliphatic heterocycles. The van der Waals surface area contributed by atoms with Crippen LogP contribution in [0.3, 0.4) is 0 Å². The van der Waals surface area contributed by atoms with Crippen LogP contribution in [0, 0.1) is 0 Å². The Labute approximate surface area is 129 Å². The molecule has 1 heterocycles. The van der Waals surface area contributed by atoms with Gasteiger partial charge in [-0.3, -0.25) is 5.43 Å². The zero-order valence-electron chi connectivity index (χ0n) is 12.5. The molecule has 0 saturated heterocycles. The zero-order valence-corrected chi connectivity index (χ0v) is 14.1. The van der Waals surface area contributed by atoms with Gasteiger partial charge in [-0.15, -0.1) is 0 Å². The quantitative estimate of drug-likeness (QED) is 0.471. The van der Waals surface area contributed by atoms with Gasteiger partial charge in [0, 0.05) is 12.2 Å². The number of rotatable bonds is 9. The maximum absolute atomic E-state index is 5.32. The van der Waals surface area contributed by atoms with Crippen molar-refractivity contribution in [2.75, 3.05) is 30.4 Å². The lowest BCUT2D eigenvalue weighted by molar-refractivity contribution is 0.295. The molecule has 1 atom stereocenters. The molecule has 1 aromatic heterocycles. The van der Waals surface area contributed by atoms with Crippen LogP contribution in [-0.2, 0) is 0 Å². The Balaban J connectivity index is 2.44. The fourth-order valence-electron chi connectivity index (χ4n) is 2.00. The normalized spacial score (nSPS) is 12.5. The molecule has 0 radical (unpaired) electrons. The SMILES string of the molecule is CCN(CC)CCCC(C)Nc1nc(NN)ncc1Br. The van der Waals surface area contributed by atoms with Crippen LogP contribution in [0.15, 0.2) is 10.7 Å². The van der Waals surface area contributed by atoms with Crippen LogP contribution in [0.2, 0.25) is 0 Å². The van der Waals surface area contributed by atoms with Crippen molar-refractivity contribution >= 4 is 27.7 Å². The first-order chi connectivity index (χ1) is 9.60. The van der Waals surface area contributed by atoms with Crippen molar-refractivity contribution in [3.63, 3.8) is 0 Å². The van der Waals surface area contributed by atoms with Crippen LogP contribution in [0.5, 0.6) is 0 Å². The maximum atomic E-state index is 5.32. The van der Waals surface area contributed by atoms with Crippen LogP contribution in [-0.4, -0.2) is 40.5 Å². The second-order valence-corrected chi connectivity index (χ2v) is 5.60. The van der Waals surface area contributed by atoms with Gasteiger partial charge in [-0.05, 0) is 55.3 Å². The molecular weight excluding hydrogens is 320 g/mol. The highest BCUT2D eigenvalue weighted by Gasteiger charge is 2.09. The number of halogens is 1. The molecule has 0 saturated carbocycles. The van der Waals surface area contributed by atoms with E-state index in [1.807, 2.05) is 0 Å². The van der Waals surface area contributed by atoms with Crippen molar-refractivity contribution in [3.05, 3.63) is 10.7 Å². The van der Waals surface area contributed by atoms with Crippen molar-refractivity contribution in [1.29, 1.82) is 0 Å². The fraction of sp³-hybridized carbons (Fsp3) is 0.692. The smallest absolute Gasteiger partial charge is 0.239 e. The van der Waals surface area contributed by atoms with Gasteiger partial charge in [-0.2, -0.15) is 4.98 Å². The molecule has 1 aromatic rings. The Morgan fingerprint density at radius 3 is 2.70 bits per heavy atom. The van der Waals surface area contributed by atoms with Gasteiger partial charge >= 0.3 is 0 Å². The van der Waals surface area contributed by atoms with E-state index in [0.29, 0.717) is 12.0 Å². The molecular formula is C13H25BrN6. The van der Waals surface area contributed by atoms with Crippen LogP contribution in [0.4, 0.5) is 11.8 Å². The molecule has 0 aliphatic rings. The molecule has 4 N–H and O–H groups in total. The molecule has 6 nitrogen and oxygen atoms in total. The monoisotopic (exact) mass is 344 g/mol. The van der Waals surface area contributed by atoms with Crippen molar-refractivity contribution in [3.8, 4) is 0 Å². The van der Waals surface area contributed by atoms with Crippen LogP contribution in [0.1, 0.15) is 33.6 Å². The highest BCUT2D eigenvalue weighted by Crippen LogP contribution is 2.21. The van der Waals surface area contributed by atoms with Crippen LogP contribution >= 0.6 is 15.9 Å². The third-order valence-corrected chi connectivity index (χ3v) is 3.84. The summed E-state index contributed by atoms with van der Waals surface area (Å²) in [5.74, 6) is 6.50. The number of anilines is 2. The highest BCUT2D eigenvalue weighted by molar-refractivity contribution is 9.10. The van der Waals surface area contributed by atoms with E-state index in [0.717, 1.165) is 36.3 Å². The first kappa shape index (κ1) is 17.1. The summed E-state index contributed by atoms with van der Waals surface area (Å²) < 4.78 is 0.840. The van der Waals surface area contributed by atoms with Gasteiger partial charge in [-0.25, -0.2) is 10.8 Å². The van der Waals surface area contributed by atoms with E-state index in [2.05, 4.69) is 62.3 Å². The predicted molar refractivity (Wildman–Crippen MR) is 87.6 cm³/mol. The zero-order chi connectivity index (χ0) is 15.0. The summed E-state index contributed by atoms with van der Waals surface area (Å²) in [6, 6.07) is 0.349. The molecule has 20 heavy (non-hydrogen) atoms. The Bertz CT molecular complexity index is 396. The summed E-state index contributed by atoms with van der Waals surface area (Å²) in [4.78, 5) is 10.8. The van der Waals surface area contributed by atoms with Crippen molar-refractivity contribution in [1.82, 2.24) is 14.9 Å². The summed E-state index contributed by atoms with van der Waals surface area (Å²) in [6.07, 6.45) is 3.95. The number of nitrogens with zero attached hydrogens (tertiary/aromatic N) is 3. The number of aromatic nitrogens is 2. The Morgan fingerprint density at radius 1 is 1.40 bits per heavy atom. The van der Waals surface area contributed by atoms with Gasteiger partial charge in [0.05, 0.1) is 4.47 Å². The van der Waals surface area contributed by atoms with Gasteiger partial charge in [0.1, 0.15) is 5.82 Å². The van der Waals surface area contributed by atoms with E-state index in [9.17, 15) is 0 Å². The number of nitrogens with one attached hydrogen (secondary N) is 2. The van der Waals surface area contributed by atoms with E-state index in [4.69, 9.17) is 5.84 Å². The largest absolute Gasteiger partial charge is 0.367 e. The maximum Gasteiger partial charge on any atom is 0.239 e. The Morgan fingerprint density at radius 2 is 2.10 bits per heavy atom. The minimum Gasteiger partial charge on any atom is -0.367 e. The Hall–Kier alpha value is -0.920. The summed E-state index contributed by atoms with van der Waals surface area (Å²) in [6.45, 7) is 9.92. The Kier molecular flexibility index (Phi) is 7.79. The van der Waals surface area contributed by atoms with E-state index in [1.165, 1.54) is 6.42 Å². The van der Waals surface area contributed by atoms with Gasteiger partial charge in [0.2, 0.25) is 5.95 Å². The van der Waals surface area contributed by atoms with Gasteiger partial charge in [-0.1, -0.05) is 13.8 Å². The molecule has 0 aliphatic carbocycles. The molecule has 0 spiro atoms. The molecule has 114 valence electrons. The molecule has 0 fully saturated rings. The van der Waals surface area contributed by atoms with E-state index in [1.54, 1.807) is 6.20 Å². The number of nitrogens with two attached hydrogens (primary N) is 1. The summed E-state index contributed by atoms with van der Waals surface area (Å²) >= 11 is 3.44. The molecule has 0 aromatic carbocycles. The minimum atomic E-state index is 0.349. The minimum absolute atomic E-state index is 0.349. The number of hydrogen-bond donors (Lipinski definition) is 3. The molecule has 1 rings (SSSR count). The van der Waals surface area contributed by atoms with Crippen LogP contribution < -0.4 is 16.6 Å². The molecule has 0 amide bonds. The molecule has 0 bridgehead atoms. The average molecular weight is 345 g/mol. The number of hydrogen-bond acceptors (Lipinski definition) is 6. The van der Waals surface area contributed by atoms with E-state index >= 15 is 0 Å². The third-order valence-electron chi connectivity index (χ3n) is 3.26. The van der Waals surface area contributed by atoms with Gasteiger partial charge < -0.3 is 10.2 Å². The fourth-order valence-corrected chi connectivity index (χ4v) is 2.31. The second kappa shape index (κ2) is 9.10. The average Bonchev–Trinajstić information content (AvgIpc) is 2.46. The number of hydrazine groups is 1. The lowest BCUT2D eigenvalue weighted by Gasteiger charge is -2.20. The predicted octanol–water partition coefficient (Wildman–Crippen LogP) is 2.45. The second-order valence-electron chi connectivity index (χ2n) is 4.75. The lowest BCUT2D eigenvalue weighted by atomic mass is 10.1. The lowest BCUT2D eigenvalue weighted by Crippen LogP contribution is -2.26. The number of nitrogen functional groups attached to an aromatic ring is 1. The van der Waals surface area contributed by atoms with Crippen molar-refractivity contribution in [2.45, 2.75) is 39.7 Å². The first-order valence-electron chi connectivity index (χ1n) is 7.08. The van der Waals surface area contributed by atoms with E-state index < -0.39 is 0 Å². The van der Waals surface area contributed by atoms with Gasteiger partial charge in [0.15, 0.2) is 0 Å². The third kappa shape index (κ3) is 5.60. The van der Waals surface area contributed by atoms with E-state index in [-0.39, 0.29) is 0 Å².